The lowest BCUT2D eigenvalue weighted by Crippen LogP contribution is -2.37. The van der Waals surface area contributed by atoms with E-state index in [-0.39, 0.29) is 11.8 Å². The van der Waals surface area contributed by atoms with Gasteiger partial charge in [-0.1, -0.05) is 29.8 Å². The molecule has 6 heteroatoms. The average molecular weight is 332 g/mol. The maximum atomic E-state index is 11.9. The van der Waals surface area contributed by atoms with Crippen LogP contribution in [0.2, 0.25) is 5.02 Å². The molecular weight excluding hydrogens is 314 g/mol. The largest absolute Gasteiger partial charge is 0.350 e. The first-order valence-corrected chi connectivity index (χ1v) is 7.63. The Morgan fingerprint density at radius 2 is 2.00 bits per heavy atom. The lowest BCUT2D eigenvalue weighted by atomic mass is 10.2. The van der Waals surface area contributed by atoms with E-state index >= 15 is 0 Å². The number of amides is 2. The fraction of sp³-hybridized carbons (Fsp3) is 0.235. The summed E-state index contributed by atoms with van der Waals surface area (Å²) in [5.74, 6) is -0.278. The van der Waals surface area contributed by atoms with E-state index in [2.05, 4.69) is 10.3 Å². The number of rotatable bonds is 6. The Morgan fingerprint density at radius 3 is 2.65 bits per heavy atom. The maximum absolute atomic E-state index is 11.9. The van der Waals surface area contributed by atoms with Gasteiger partial charge >= 0.3 is 0 Å². The number of hydrogen-bond donors (Lipinski definition) is 1. The van der Waals surface area contributed by atoms with Crippen LogP contribution >= 0.6 is 11.6 Å². The zero-order valence-corrected chi connectivity index (χ0v) is 13.6. The Labute approximate surface area is 140 Å². The van der Waals surface area contributed by atoms with Crippen molar-refractivity contribution < 1.29 is 9.59 Å². The smallest absolute Gasteiger partial charge is 0.252 e. The second-order valence-corrected chi connectivity index (χ2v) is 5.44. The summed E-state index contributed by atoms with van der Waals surface area (Å²) in [5.41, 5.74) is 1.37. The Morgan fingerprint density at radius 1 is 1.22 bits per heavy atom. The summed E-state index contributed by atoms with van der Waals surface area (Å²) < 4.78 is 0. The molecule has 0 aliphatic rings. The highest BCUT2D eigenvalue weighted by Crippen LogP contribution is 2.16. The zero-order chi connectivity index (χ0) is 16.7. The molecule has 0 spiro atoms. The first-order chi connectivity index (χ1) is 11.1. The van der Waals surface area contributed by atoms with Crippen LogP contribution < -0.4 is 5.32 Å². The number of carbonyl (C=O) groups is 2. The third-order valence-corrected chi connectivity index (χ3v) is 3.72. The van der Waals surface area contributed by atoms with Gasteiger partial charge in [-0.05, 0) is 23.8 Å². The monoisotopic (exact) mass is 331 g/mol. The second-order valence-electron chi connectivity index (χ2n) is 5.03. The van der Waals surface area contributed by atoms with Gasteiger partial charge in [0.2, 0.25) is 5.91 Å². The van der Waals surface area contributed by atoms with Crippen molar-refractivity contribution in [2.75, 3.05) is 13.1 Å². The van der Waals surface area contributed by atoms with Crippen LogP contribution in [0.1, 0.15) is 22.8 Å². The Kier molecular flexibility index (Phi) is 6.11. The molecule has 5 nitrogen and oxygen atoms in total. The van der Waals surface area contributed by atoms with Crippen LogP contribution in [0.3, 0.4) is 0 Å². The Balaban J connectivity index is 1.89. The predicted molar refractivity (Wildman–Crippen MR) is 89.1 cm³/mol. The van der Waals surface area contributed by atoms with E-state index < -0.39 is 0 Å². The first-order valence-electron chi connectivity index (χ1n) is 7.25. The molecule has 1 aromatic heterocycles. The molecule has 0 aliphatic carbocycles. The molecular formula is C17H18ClN3O2. The number of hydrogen-bond acceptors (Lipinski definition) is 3. The van der Waals surface area contributed by atoms with Crippen LogP contribution in [-0.4, -0.2) is 34.8 Å². The molecule has 0 unspecified atom stereocenters. The first kappa shape index (κ1) is 17.0. The molecule has 1 aromatic carbocycles. The summed E-state index contributed by atoms with van der Waals surface area (Å²) in [5, 5.41) is 3.40. The summed E-state index contributed by atoms with van der Waals surface area (Å²) in [6, 6.07) is 10.8. The minimum Gasteiger partial charge on any atom is -0.350 e. The summed E-state index contributed by atoms with van der Waals surface area (Å²) >= 11 is 6.12. The molecule has 0 bridgehead atoms. The maximum Gasteiger partial charge on any atom is 0.252 e. The highest BCUT2D eigenvalue weighted by molar-refractivity contribution is 6.31. The van der Waals surface area contributed by atoms with Crippen LogP contribution in [-0.2, 0) is 11.3 Å². The van der Waals surface area contributed by atoms with Crippen molar-refractivity contribution in [3.8, 4) is 0 Å². The van der Waals surface area contributed by atoms with Crippen molar-refractivity contribution >= 4 is 23.4 Å². The predicted octanol–water partition coefficient (Wildman–Crippen LogP) is 2.51. The van der Waals surface area contributed by atoms with Crippen LogP contribution in [0.25, 0.3) is 0 Å². The van der Waals surface area contributed by atoms with Gasteiger partial charge in [0.25, 0.3) is 5.91 Å². The van der Waals surface area contributed by atoms with E-state index in [9.17, 15) is 9.59 Å². The molecule has 23 heavy (non-hydrogen) atoms. The SMILES string of the molecule is CC(=O)N(CCNC(=O)c1cccnc1)Cc1ccccc1Cl. The highest BCUT2D eigenvalue weighted by Gasteiger charge is 2.12. The molecule has 0 saturated heterocycles. The summed E-state index contributed by atoms with van der Waals surface area (Å²) in [6.45, 7) is 2.68. The van der Waals surface area contributed by atoms with Crippen molar-refractivity contribution in [1.82, 2.24) is 15.2 Å². The molecule has 2 amide bonds. The Bertz CT molecular complexity index is 677. The van der Waals surface area contributed by atoms with E-state index in [0.29, 0.717) is 30.2 Å². The van der Waals surface area contributed by atoms with Crippen LogP contribution in [0.15, 0.2) is 48.8 Å². The number of carbonyl (C=O) groups excluding carboxylic acids is 2. The molecule has 0 atom stereocenters. The van der Waals surface area contributed by atoms with E-state index in [1.54, 1.807) is 29.3 Å². The van der Waals surface area contributed by atoms with Gasteiger partial charge in [0.15, 0.2) is 0 Å². The number of halogens is 1. The highest BCUT2D eigenvalue weighted by atomic mass is 35.5. The molecule has 0 aliphatic heterocycles. The standard InChI is InChI=1S/C17H18ClN3O2/c1-13(22)21(12-15-5-2-3-7-16(15)18)10-9-20-17(23)14-6-4-8-19-11-14/h2-8,11H,9-10,12H2,1H3,(H,20,23). The minimum absolute atomic E-state index is 0.0689. The van der Waals surface area contributed by atoms with Gasteiger partial charge in [0.1, 0.15) is 0 Å². The van der Waals surface area contributed by atoms with Crippen LogP contribution in [0.5, 0.6) is 0 Å². The third kappa shape index (κ3) is 5.07. The molecule has 1 heterocycles. The van der Waals surface area contributed by atoms with E-state index in [1.807, 2.05) is 18.2 Å². The van der Waals surface area contributed by atoms with Gasteiger partial charge in [-0.2, -0.15) is 0 Å². The fourth-order valence-corrected chi connectivity index (χ4v) is 2.28. The summed E-state index contributed by atoms with van der Waals surface area (Å²) in [6.07, 6.45) is 3.11. The molecule has 1 N–H and O–H groups in total. The van der Waals surface area contributed by atoms with Gasteiger partial charge in [-0.3, -0.25) is 14.6 Å². The van der Waals surface area contributed by atoms with Crippen molar-refractivity contribution in [2.45, 2.75) is 13.5 Å². The fourth-order valence-electron chi connectivity index (χ4n) is 2.08. The molecule has 120 valence electrons. The summed E-state index contributed by atoms with van der Waals surface area (Å²) in [7, 11) is 0. The normalized spacial score (nSPS) is 10.2. The number of benzene rings is 1. The lowest BCUT2D eigenvalue weighted by Gasteiger charge is -2.22. The van der Waals surface area contributed by atoms with Gasteiger partial charge < -0.3 is 10.2 Å². The number of nitrogens with zero attached hydrogens (tertiary/aromatic N) is 2. The molecule has 0 radical (unpaired) electrons. The van der Waals surface area contributed by atoms with Gasteiger partial charge in [0, 0.05) is 44.0 Å². The lowest BCUT2D eigenvalue weighted by molar-refractivity contribution is -0.129. The van der Waals surface area contributed by atoms with E-state index in [1.165, 1.54) is 13.1 Å². The van der Waals surface area contributed by atoms with Crippen LogP contribution in [0.4, 0.5) is 0 Å². The van der Waals surface area contributed by atoms with Crippen molar-refractivity contribution in [1.29, 1.82) is 0 Å². The quantitative estimate of drug-likeness (QED) is 0.884. The third-order valence-electron chi connectivity index (χ3n) is 3.36. The van der Waals surface area contributed by atoms with Crippen molar-refractivity contribution in [3.05, 3.63) is 64.9 Å². The van der Waals surface area contributed by atoms with E-state index in [4.69, 9.17) is 11.6 Å². The Hall–Kier alpha value is -2.40. The van der Waals surface area contributed by atoms with E-state index in [0.717, 1.165) is 5.56 Å². The van der Waals surface area contributed by atoms with Gasteiger partial charge in [-0.15, -0.1) is 0 Å². The molecule has 0 saturated carbocycles. The second kappa shape index (κ2) is 8.29. The van der Waals surface area contributed by atoms with Crippen molar-refractivity contribution in [3.63, 3.8) is 0 Å². The van der Waals surface area contributed by atoms with Crippen molar-refractivity contribution in [2.24, 2.45) is 0 Å². The van der Waals surface area contributed by atoms with Gasteiger partial charge in [-0.25, -0.2) is 0 Å². The molecule has 2 rings (SSSR count). The number of pyridine rings is 1. The summed E-state index contributed by atoms with van der Waals surface area (Å²) in [4.78, 5) is 29.2. The number of nitrogens with one attached hydrogen (secondary N) is 1. The molecule has 0 fully saturated rings. The van der Waals surface area contributed by atoms with Crippen LogP contribution in [0, 0.1) is 0 Å². The average Bonchev–Trinajstić information content (AvgIpc) is 2.56. The minimum atomic E-state index is -0.209. The zero-order valence-electron chi connectivity index (χ0n) is 12.8. The molecule has 2 aromatic rings. The topological polar surface area (TPSA) is 62.3 Å². The number of aromatic nitrogens is 1. The van der Waals surface area contributed by atoms with Gasteiger partial charge in [0.05, 0.1) is 5.56 Å².